The normalized spacial score (nSPS) is 11.1. The smallest absolute Gasteiger partial charge is 0.259 e. The van der Waals surface area contributed by atoms with Gasteiger partial charge in [-0.05, 0) is 36.6 Å². The van der Waals surface area contributed by atoms with Gasteiger partial charge in [0.25, 0.3) is 5.91 Å². The van der Waals surface area contributed by atoms with E-state index in [-0.39, 0.29) is 23.0 Å². The van der Waals surface area contributed by atoms with Crippen molar-refractivity contribution >= 4 is 23.4 Å². The number of nitrogens with two attached hydrogens (primary N) is 1. The van der Waals surface area contributed by atoms with Gasteiger partial charge in [0.1, 0.15) is 11.3 Å². The molecule has 0 fully saturated rings. The van der Waals surface area contributed by atoms with Crippen LogP contribution in [0.1, 0.15) is 30.6 Å². The zero-order valence-electron chi connectivity index (χ0n) is 14.6. The van der Waals surface area contributed by atoms with E-state index in [1.54, 1.807) is 24.3 Å². The monoisotopic (exact) mass is 373 g/mol. The maximum Gasteiger partial charge on any atom is 0.259 e. The highest BCUT2D eigenvalue weighted by Crippen LogP contribution is 2.32. The first-order valence-electron chi connectivity index (χ1n) is 8.35. The minimum atomic E-state index is -0.333. The van der Waals surface area contributed by atoms with E-state index in [9.17, 15) is 4.79 Å². The maximum atomic E-state index is 12.5. The maximum absolute atomic E-state index is 12.5. The molecule has 0 radical (unpaired) electrons. The van der Waals surface area contributed by atoms with E-state index < -0.39 is 0 Å². The van der Waals surface area contributed by atoms with Gasteiger partial charge in [-0.25, -0.2) is 0 Å². The molecule has 0 atom stereocenters. The first-order chi connectivity index (χ1) is 12.5. The van der Waals surface area contributed by atoms with Crippen LogP contribution in [-0.2, 0) is 0 Å². The van der Waals surface area contributed by atoms with Gasteiger partial charge >= 0.3 is 0 Å². The number of amides is 1. The Kier molecular flexibility index (Phi) is 5.32. The second-order valence-corrected chi connectivity index (χ2v) is 6.82. The molecule has 0 bridgehead atoms. The van der Waals surface area contributed by atoms with Crippen LogP contribution in [0.3, 0.4) is 0 Å². The number of benzene rings is 1. The summed E-state index contributed by atoms with van der Waals surface area (Å²) in [6.45, 7) is 4.73. The third-order valence-electron chi connectivity index (χ3n) is 3.90. The number of aromatic nitrogens is 1. The van der Waals surface area contributed by atoms with Crippen LogP contribution >= 0.6 is 11.6 Å². The fourth-order valence-electron chi connectivity index (χ4n) is 2.52. The second kappa shape index (κ2) is 7.66. The molecule has 1 amide bonds. The molecule has 1 aromatic carbocycles. The first kappa shape index (κ1) is 18.1. The van der Waals surface area contributed by atoms with E-state index in [2.05, 4.69) is 24.3 Å². The Morgan fingerprint density at radius 1 is 1.27 bits per heavy atom. The van der Waals surface area contributed by atoms with E-state index in [1.165, 1.54) is 0 Å². The number of anilines is 1. The van der Waals surface area contributed by atoms with Gasteiger partial charge in [-0.2, -0.15) is 0 Å². The number of nitrogens with zero attached hydrogens (tertiary/aromatic N) is 1. The molecule has 136 valence electrons. The van der Waals surface area contributed by atoms with Crippen molar-refractivity contribution in [3.63, 3.8) is 0 Å². The highest BCUT2D eigenvalue weighted by Gasteiger charge is 2.24. The van der Waals surface area contributed by atoms with E-state index in [0.29, 0.717) is 29.0 Å². The van der Waals surface area contributed by atoms with Crippen LogP contribution in [0.15, 0.2) is 45.3 Å². The number of nitrogens with one attached hydrogen (secondary N) is 1. The van der Waals surface area contributed by atoms with Gasteiger partial charge in [0, 0.05) is 17.1 Å². The third kappa shape index (κ3) is 3.91. The Morgan fingerprint density at radius 2 is 2.04 bits per heavy atom. The molecule has 0 aliphatic heterocycles. The van der Waals surface area contributed by atoms with Gasteiger partial charge in [0.15, 0.2) is 11.5 Å². The standard InChI is InChI=1S/C19H20ClN3O3/c1-11(2)8-9-22-19(24)16-17(23-26-18(16)21)15-7-6-14(25-15)12-4-3-5-13(20)10-12/h3-7,10-11H,8-9,21H2,1-2H3,(H,22,24). The topological polar surface area (TPSA) is 94.3 Å². The molecule has 2 heterocycles. The molecule has 0 aliphatic carbocycles. The molecule has 0 aliphatic rings. The lowest BCUT2D eigenvalue weighted by Gasteiger charge is -2.06. The van der Waals surface area contributed by atoms with Crippen LogP contribution in [0.2, 0.25) is 5.02 Å². The summed E-state index contributed by atoms with van der Waals surface area (Å²) in [5.41, 5.74) is 7.08. The molecule has 3 N–H and O–H groups in total. The average molecular weight is 374 g/mol. The van der Waals surface area contributed by atoms with Gasteiger partial charge in [0.2, 0.25) is 5.88 Å². The van der Waals surface area contributed by atoms with Crippen LogP contribution in [0.25, 0.3) is 22.8 Å². The van der Waals surface area contributed by atoms with E-state index in [0.717, 1.165) is 12.0 Å². The summed E-state index contributed by atoms with van der Waals surface area (Å²) in [5, 5.41) is 7.34. The van der Waals surface area contributed by atoms with Crippen molar-refractivity contribution in [1.82, 2.24) is 10.5 Å². The summed E-state index contributed by atoms with van der Waals surface area (Å²) in [7, 11) is 0. The quantitative estimate of drug-likeness (QED) is 0.657. The number of furan rings is 1. The minimum Gasteiger partial charge on any atom is -0.454 e. The number of carbonyl (C=O) groups excluding carboxylic acids is 1. The predicted molar refractivity (Wildman–Crippen MR) is 101 cm³/mol. The summed E-state index contributed by atoms with van der Waals surface area (Å²) in [6, 6.07) is 10.8. The Labute approximate surface area is 156 Å². The van der Waals surface area contributed by atoms with Crippen molar-refractivity contribution in [3.05, 3.63) is 47.0 Å². The number of hydrogen-bond acceptors (Lipinski definition) is 5. The highest BCUT2D eigenvalue weighted by molar-refractivity contribution is 6.30. The highest BCUT2D eigenvalue weighted by atomic mass is 35.5. The van der Waals surface area contributed by atoms with Gasteiger partial charge < -0.3 is 20.0 Å². The zero-order chi connectivity index (χ0) is 18.7. The van der Waals surface area contributed by atoms with Crippen molar-refractivity contribution in [3.8, 4) is 22.8 Å². The summed E-state index contributed by atoms with van der Waals surface area (Å²) in [5.74, 6) is 1.12. The van der Waals surface area contributed by atoms with Crippen LogP contribution in [0.4, 0.5) is 5.88 Å². The van der Waals surface area contributed by atoms with Crippen molar-refractivity contribution in [2.45, 2.75) is 20.3 Å². The Hall–Kier alpha value is -2.73. The Bertz CT molecular complexity index is 914. The SMILES string of the molecule is CC(C)CCNC(=O)c1c(-c2ccc(-c3cccc(Cl)c3)o2)noc1N. The molecule has 7 heteroatoms. The van der Waals surface area contributed by atoms with Crippen molar-refractivity contribution < 1.29 is 13.7 Å². The van der Waals surface area contributed by atoms with Crippen molar-refractivity contribution in [1.29, 1.82) is 0 Å². The molecule has 0 spiro atoms. The second-order valence-electron chi connectivity index (χ2n) is 6.38. The Morgan fingerprint density at radius 3 is 2.77 bits per heavy atom. The minimum absolute atomic E-state index is 0.0391. The van der Waals surface area contributed by atoms with Gasteiger partial charge in [-0.1, -0.05) is 42.7 Å². The molecule has 3 aromatic rings. The van der Waals surface area contributed by atoms with Gasteiger partial charge in [-0.15, -0.1) is 0 Å². The fourth-order valence-corrected chi connectivity index (χ4v) is 2.71. The summed E-state index contributed by atoms with van der Waals surface area (Å²) >= 11 is 6.02. The zero-order valence-corrected chi connectivity index (χ0v) is 15.3. The average Bonchev–Trinajstić information content (AvgIpc) is 3.21. The van der Waals surface area contributed by atoms with E-state index in [1.807, 2.05) is 12.1 Å². The molecular formula is C19H20ClN3O3. The molecular weight excluding hydrogens is 354 g/mol. The van der Waals surface area contributed by atoms with E-state index >= 15 is 0 Å². The van der Waals surface area contributed by atoms with Crippen LogP contribution in [0, 0.1) is 5.92 Å². The van der Waals surface area contributed by atoms with Gasteiger partial charge in [0.05, 0.1) is 0 Å². The molecule has 6 nitrogen and oxygen atoms in total. The molecule has 2 aromatic heterocycles. The lowest BCUT2D eigenvalue weighted by molar-refractivity contribution is 0.0953. The lowest BCUT2D eigenvalue weighted by Crippen LogP contribution is -2.26. The molecule has 26 heavy (non-hydrogen) atoms. The van der Waals surface area contributed by atoms with Crippen molar-refractivity contribution in [2.24, 2.45) is 5.92 Å². The molecule has 3 rings (SSSR count). The summed E-state index contributed by atoms with van der Waals surface area (Å²) in [6.07, 6.45) is 0.867. The molecule has 0 unspecified atom stereocenters. The Balaban J connectivity index is 1.86. The lowest BCUT2D eigenvalue weighted by atomic mass is 10.1. The summed E-state index contributed by atoms with van der Waals surface area (Å²) < 4.78 is 10.9. The molecule has 0 saturated heterocycles. The fraction of sp³-hybridized carbons (Fsp3) is 0.263. The van der Waals surface area contributed by atoms with E-state index in [4.69, 9.17) is 26.3 Å². The number of rotatable bonds is 6. The van der Waals surface area contributed by atoms with Crippen molar-refractivity contribution in [2.75, 3.05) is 12.3 Å². The largest absolute Gasteiger partial charge is 0.454 e. The summed E-state index contributed by atoms with van der Waals surface area (Å²) in [4.78, 5) is 12.5. The number of halogens is 1. The van der Waals surface area contributed by atoms with Crippen LogP contribution in [-0.4, -0.2) is 17.6 Å². The number of hydrogen-bond donors (Lipinski definition) is 2. The van der Waals surface area contributed by atoms with Crippen LogP contribution in [0.5, 0.6) is 0 Å². The molecule has 0 saturated carbocycles. The number of nitrogen functional groups attached to an aromatic ring is 1. The third-order valence-corrected chi connectivity index (χ3v) is 4.14. The number of carbonyl (C=O) groups is 1. The van der Waals surface area contributed by atoms with Gasteiger partial charge in [-0.3, -0.25) is 4.79 Å². The van der Waals surface area contributed by atoms with Crippen LogP contribution < -0.4 is 11.1 Å². The predicted octanol–water partition coefficient (Wildman–Crippen LogP) is 4.61. The first-order valence-corrected chi connectivity index (χ1v) is 8.73.